The van der Waals surface area contributed by atoms with Crippen molar-refractivity contribution in [3.8, 4) is 0 Å². The zero-order chi connectivity index (χ0) is 13.6. The van der Waals surface area contributed by atoms with Gasteiger partial charge in [-0.05, 0) is 40.5 Å². The maximum Gasteiger partial charge on any atom is 0.410 e. The van der Waals surface area contributed by atoms with Crippen molar-refractivity contribution < 1.29 is 14.3 Å². The standard InChI is InChI=1S/C13H24N2O3/c1-11(2,3)17-10(16)15-8-13(9-15)6-5-12(4,7-14)18-13/h5-9,14H2,1-4H3. The van der Waals surface area contributed by atoms with E-state index in [0.29, 0.717) is 19.6 Å². The van der Waals surface area contributed by atoms with Crippen LogP contribution in [0.5, 0.6) is 0 Å². The van der Waals surface area contributed by atoms with E-state index in [9.17, 15) is 4.79 Å². The van der Waals surface area contributed by atoms with Gasteiger partial charge < -0.3 is 20.1 Å². The topological polar surface area (TPSA) is 64.8 Å². The molecule has 1 spiro atoms. The van der Waals surface area contributed by atoms with E-state index in [1.807, 2.05) is 27.7 Å². The Morgan fingerprint density at radius 2 is 2.00 bits per heavy atom. The molecule has 0 radical (unpaired) electrons. The van der Waals surface area contributed by atoms with Crippen LogP contribution in [0, 0.1) is 0 Å². The maximum atomic E-state index is 11.8. The predicted octanol–water partition coefficient (Wildman–Crippen LogP) is 1.50. The Kier molecular flexibility index (Phi) is 3.10. The first kappa shape index (κ1) is 13.6. The highest BCUT2D eigenvalue weighted by Crippen LogP contribution is 2.43. The second kappa shape index (κ2) is 4.10. The molecule has 0 saturated carbocycles. The van der Waals surface area contributed by atoms with Crippen molar-refractivity contribution in [2.24, 2.45) is 5.73 Å². The summed E-state index contributed by atoms with van der Waals surface area (Å²) in [7, 11) is 0. The second-order valence-electron chi connectivity index (χ2n) is 6.78. The fraction of sp³-hybridized carbons (Fsp3) is 0.923. The smallest absolute Gasteiger partial charge is 0.410 e. The third-order valence-corrected chi connectivity index (χ3v) is 3.61. The number of nitrogens with two attached hydrogens (primary N) is 1. The molecule has 0 aromatic rings. The van der Waals surface area contributed by atoms with E-state index in [1.165, 1.54) is 0 Å². The van der Waals surface area contributed by atoms with Gasteiger partial charge in [0.15, 0.2) is 0 Å². The van der Waals surface area contributed by atoms with Gasteiger partial charge >= 0.3 is 6.09 Å². The number of rotatable bonds is 1. The summed E-state index contributed by atoms with van der Waals surface area (Å²) >= 11 is 0. The first-order valence-corrected chi connectivity index (χ1v) is 6.55. The van der Waals surface area contributed by atoms with Crippen LogP contribution in [-0.2, 0) is 9.47 Å². The van der Waals surface area contributed by atoms with Crippen LogP contribution in [0.15, 0.2) is 0 Å². The summed E-state index contributed by atoms with van der Waals surface area (Å²) in [6, 6.07) is 0. The van der Waals surface area contributed by atoms with Gasteiger partial charge in [0.2, 0.25) is 0 Å². The summed E-state index contributed by atoms with van der Waals surface area (Å²) in [5.74, 6) is 0. The van der Waals surface area contributed by atoms with Gasteiger partial charge in [0.1, 0.15) is 11.2 Å². The van der Waals surface area contributed by atoms with Crippen LogP contribution in [0.1, 0.15) is 40.5 Å². The van der Waals surface area contributed by atoms with Gasteiger partial charge in [-0.25, -0.2) is 4.79 Å². The van der Waals surface area contributed by atoms with E-state index in [-0.39, 0.29) is 17.3 Å². The Hall–Kier alpha value is -0.810. The van der Waals surface area contributed by atoms with Gasteiger partial charge in [0, 0.05) is 6.54 Å². The molecule has 2 N–H and O–H groups in total. The summed E-state index contributed by atoms with van der Waals surface area (Å²) < 4.78 is 11.4. The maximum absolute atomic E-state index is 11.8. The molecule has 2 aliphatic heterocycles. The van der Waals surface area contributed by atoms with E-state index in [1.54, 1.807) is 4.90 Å². The molecule has 5 nitrogen and oxygen atoms in total. The van der Waals surface area contributed by atoms with Crippen molar-refractivity contribution in [1.82, 2.24) is 4.90 Å². The van der Waals surface area contributed by atoms with E-state index >= 15 is 0 Å². The summed E-state index contributed by atoms with van der Waals surface area (Å²) in [5, 5.41) is 0. The molecule has 1 amide bonds. The van der Waals surface area contributed by atoms with Crippen LogP contribution in [0.4, 0.5) is 4.79 Å². The van der Waals surface area contributed by atoms with Gasteiger partial charge in [0.05, 0.1) is 18.7 Å². The highest BCUT2D eigenvalue weighted by molar-refractivity contribution is 5.69. The van der Waals surface area contributed by atoms with E-state index < -0.39 is 5.60 Å². The lowest BCUT2D eigenvalue weighted by Crippen LogP contribution is -2.64. The number of hydrogen-bond donors (Lipinski definition) is 1. The van der Waals surface area contributed by atoms with Crippen LogP contribution in [0.25, 0.3) is 0 Å². The SMILES string of the molecule is CC(C)(C)OC(=O)N1CC2(CCC(C)(CN)O2)C1. The Morgan fingerprint density at radius 1 is 1.39 bits per heavy atom. The van der Waals surface area contributed by atoms with Crippen molar-refractivity contribution >= 4 is 6.09 Å². The van der Waals surface area contributed by atoms with Crippen molar-refractivity contribution in [3.63, 3.8) is 0 Å². The van der Waals surface area contributed by atoms with Gasteiger partial charge in [-0.2, -0.15) is 0 Å². The fourth-order valence-electron chi connectivity index (χ4n) is 2.59. The minimum Gasteiger partial charge on any atom is -0.444 e. The molecule has 1 atom stereocenters. The lowest BCUT2D eigenvalue weighted by atomic mass is 9.90. The molecule has 5 heteroatoms. The highest BCUT2D eigenvalue weighted by atomic mass is 16.6. The molecular weight excluding hydrogens is 232 g/mol. The van der Waals surface area contributed by atoms with E-state index in [4.69, 9.17) is 15.2 Å². The quantitative estimate of drug-likeness (QED) is 0.772. The third kappa shape index (κ3) is 2.62. The molecule has 18 heavy (non-hydrogen) atoms. The van der Waals surface area contributed by atoms with E-state index in [0.717, 1.165) is 12.8 Å². The molecule has 0 bridgehead atoms. The number of likely N-dealkylation sites (tertiary alicyclic amines) is 1. The first-order chi connectivity index (χ1) is 8.17. The summed E-state index contributed by atoms with van der Waals surface area (Å²) in [6.07, 6.45) is 1.68. The van der Waals surface area contributed by atoms with Gasteiger partial charge in [-0.1, -0.05) is 0 Å². The van der Waals surface area contributed by atoms with Crippen LogP contribution < -0.4 is 5.73 Å². The van der Waals surface area contributed by atoms with Crippen LogP contribution in [0.3, 0.4) is 0 Å². The van der Waals surface area contributed by atoms with E-state index in [2.05, 4.69) is 0 Å². The number of carbonyl (C=O) groups excluding carboxylic acids is 1. The van der Waals surface area contributed by atoms with Crippen LogP contribution >= 0.6 is 0 Å². The van der Waals surface area contributed by atoms with Crippen molar-refractivity contribution in [1.29, 1.82) is 0 Å². The van der Waals surface area contributed by atoms with Crippen molar-refractivity contribution in [2.45, 2.75) is 57.3 Å². The molecule has 0 aromatic carbocycles. The normalized spacial score (nSPS) is 30.4. The fourth-order valence-corrected chi connectivity index (χ4v) is 2.59. The first-order valence-electron chi connectivity index (χ1n) is 6.55. The molecule has 104 valence electrons. The second-order valence-corrected chi connectivity index (χ2v) is 6.78. The number of nitrogens with zero attached hydrogens (tertiary/aromatic N) is 1. The molecule has 2 saturated heterocycles. The zero-order valence-electron chi connectivity index (χ0n) is 11.8. The molecule has 2 fully saturated rings. The molecule has 0 aromatic heterocycles. The molecule has 2 heterocycles. The largest absolute Gasteiger partial charge is 0.444 e. The average molecular weight is 256 g/mol. The lowest BCUT2D eigenvalue weighted by Gasteiger charge is -2.48. The van der Waals surface area contributed by atoms with Gasteiger partial charge in [0.25, 0.3) is 0 Å². The summed E-state index contributed by atoms with van der Waals surface area (Å²) in [6.45, 7) is 9.43. The Balaban J connectivity index is 1.86. The minimum atomic E-state index is -0.442. The van der Waals surface area contributed by atoms with Crippen molar-refractivity contribution in [3.05, 3.63) is 0 Å². The van der Waals surface area contributed by atoms with Crippen LogP contribution in [-0.4, -0.2) is 47.4 Å². The number of hydrogen-bond acceptors (Lipinski definition) is 4. The van der Waals surface area contributed by atoms with Gasteiger partial charge in [-0.3, -0.25) is 0 Å². The lowest BCUT2D eigenvalue weighted by molar-refractivity contribution is -0.158. The zero-order valence-corrected chi connectivity index (χ0v) is 11.8. The van der Waals surface area contributed by atoms with Crippen molar-refractivity contribution in [2.75, 3.05) is 19.6 Å². The third-order valence-electron chi connectivity index (χ3n) is 3.61. The van der Waals surface area contributed by atoms with Gasteiger partial charge in [-0.15, -0.1) is 0 Å². The Labute approximate surface area is 109 Å². The molecule has 1 unspecified atom stereocenters. The Bertz CT molecular complexity index is 345. The molecule has 2 aliphatic rings. The summed E-state index contributed by atoms with van der Waals surface area (Å²) in [4.78, 5) is 13.5. The van der Waals surface area contributed by atoms with Crippen LogP contribution in [0.2, 0.25) is 0 Å². The predicted molar refractivity (Wildman–Crippen MR) is 68.3 cm³/mol. The summed E-state index contributed by atoms with van der Waals surface area (Å²) in [5.41, 5.74) is 4.88. The Morgan fingerprint density at radius 3 is 2.44 bits per heavy atom. The highest BCUT2D eigenvalue weighted by Gasteiger charge is 2.55. The average Bonchev–Trinajstić information content (AvgIpc) is 2.53. The minimum absolute atomic E-state index is 0.176. The molecular formula is C13H24N2O3. The number of carbonyl (C=O) groups is 1. The molecule has 2 rings (SSSR count). The number of amides is 1. The number of ether oxygens (including phenoxy) is 2. The molecule has 0 aliphatic carbocycles. The monoisotopic (exact) mass is 256 g/mol.